The highest BCUT2D eigenvalue weighted by atomic mass is 32.2. The molecule has 2 N–H and O–H groups in total. The van der Waals surface area contributed by atoms with Crippen LogP contribution in [-0.4, -0.2) is 28.3 Å². The van der Waals surface area contributed by atoms with Crippen LogP contribution in [0.5, 0.6) is 0 Å². The Balaban J connectivity index is 2.09. The van der Waals surface area contributed by atoms with Gasteiger partial charge in [0.15, 0.2) is 0 Å². The van der Waals surface area contributed by atoms with E-state index in [-0.39, 0.29) is 11.9 Å². The molecular formula is C15H19NO3S. The summed E-state index contributed by atoms with van der Waals surface area (Å²) in [6.45, 7) is 1.62. The van der Waals surface area contributed by atoms with Gasteiger partial charge in [0.25, 0.3) is 5.91 Å². The average molecular weight is 293 g/mol. The Kier molecular flexibility index (Phi) is 5.06. The van der Waals surface area contributed by atoms with Crippen molar-refractivity contribution >= 4 is 23.6 Å². The van der Waals surface area contributed by atoms with E-state index in [1.54, 1.807) is 25.1 Å². The fourth-order valence-electron chi connectivity index (χ4n) is 2.33. The monoisotopic (exact) mass is 293 g/mol. The standard InChI is InChI=1S/C15H19NO3S/c1-10(15(18)19)20-13-9-5-4-8-12(13)14(17)16-11-6-2-3-7-11/h4-5,8-11H,2-3,6-7H2,1H3,(H,16,17)(H,18,19). The van der Waals surface area contributed by atoms with Crippen molar-refractivity contribution in [3.63, 3.8) is 0 Å². The van der Waals surface area contributed by atoms with Crippen LogP contribution in [0.2, 0.25) is 0 Å². The van der Waals surface area contributed by atoms with Gasteiger partial charge in [0.1, 0.15) is 5.25 Å². The second kappa shape index (κ2) is 6.79. The minimum Gasteiger partial charge on any atom is -0.480 e. The lowest BCUT2D eigenvalue weighted by Gasteiger charge is -2.15. The molecule has 0 saturated heterocycles. The normalized spacial score (nSPS) is 16.9. The lowest BCUT2D eigenvalue weighted by molar-refractivity contribution is -0.136. The molecule has 1 unspecified atom stereocenters. The zero-order valence-electron chi connectivity index (χ0n) is 11.5. The highest BCUT2D eigenvalue weighted by Gasteiger charge is 2.21. The van der Waals surface area contributed by atoms with Crippen molar-refractivity contribution in [2.24, 2.45) is 0 Å². The van der Waals surface area contributed by atoms with Crippen LogP contribution in [0, 0.1) is 0 Å². The van der Waals surface area contributed by atoms with E-state index in [0.29, 0.717) is 5.56 Å². The number of hydrogen-bond acceptors (Lipinski definition) is 3. The molecule has 20 heavy (non-hydrogen) atoms. The van der Waals surface area contributed by atoms with Crippen molar-refractivity contribution in [1.82, 2.24) is 5.32 Å². The molecule has 0 aliphatic heterocycles. The van der Waals surface area contributed by atoms with Gasteiger partial charge in [0.2, 0.25) is 0 Å². The third-order valence-corrected chi connectivity index (χ3v) is 4.64. The summed E-state index contributed by atoms with van der Waals surface area (Å²) in [5.41, 5.74) is 0.567. The van der Waals surface area contributed by atoms with Gasteiger partial charge in [-0.05, 0) is 31.9 Å². The number of thioether (sulfide) groups is 1. The van der Waals surface area contributed by atoms with Crippen molar-refractivity contribution in [3.05, 3.63) is 29.8 Å². The Morgan fingerprint density at radius 1 is 1.30 bits per heavy atom. The highest BCUT2D eigenvalue weighted by Crippen LogP contribution is 2.27. The van der Waals surface area contributed by atoms with E-state index in [0.717, 1.165) is 30.6 Å². The summed E-state index contributed by atoms with van der Waals surface area (Å²) < 4.78 is 0. The van der Waals surface area contributed by atoms with Crippen LogP contribution in [0.1, 0.15) is 43.0 Å². The molecule has 2 rings (SSSR count). The first-order chi connectivity index (χ1) is 9.58. The van der Waals surface area contributed by atoms with Gasteiger partial charge >= 0.3 is 5.97 Å². The van der Waals surface area contributed by atoms with E-state index in [9.17, 15) is 9.59 Å². The van der Waals surface area contributed by atoms with Gasteiger partial charge in [0, 0.05) is 10.9 Å². The molecule has 1 aliphatic rings. The number of rotatable bonds is 5. The lowest BCUT2D eigenvalue weighted by Crippen LogP contribution is -2.33. The van der Waals surface area contributed by atoms with Gasteiger partial charge in [-0.1, -0.05) is 25.0 Å². The maximum atomic E-state index is 12.3. The molecule has 1 fully saturated rings. The van der Waals surface area contributed by atoms with E-state index in [4.69, 9.17) is 5.11 Å². The van der Waals surface area contributed by atoms with Crippen molar-refractivity contribution in [2.75, 3.05) is 0 Å². The predicted molar refractivity (Wildman–Crippen MR) is 79.1 cm³/mol. The van der Waals surface area contributed by atoms with Gasteiger partial charge in [-0.15, -0.1) is 11.8 Å². The maximum absolute atomic E-state index is 12.3. The van der Waals surface area contributed by atoms with Crippen LogP contribution in [0.3, 0.4) is 0 Å². The summed E-state index contributed by atoms with van der Waals surface area (Å²) in [7, 11) is 0. The SMILES string of the molecule is CC(Sc1ccccc1C(=O)NC1CCCC1)C(=O)O. The molecule has 0 heterocycles. The topological polar surface area (TPSA) is 66.4 Å². The van der Waals surface area contributed by atoms with Gasteiger partial charge in [-0.2, -0.15) is 0 Å². The van der Waals surface area contributed by atoms with Crippen LogP contribution < -0.4 is 5.32 Å². The fourth-order valence-corrected chi connectivity index (χ4v) is 3.26. The molecule has 0 radical (unpaired) electrons. The van der Waals surface area contributed by atoms with E-state index in [1.165, 1.54) is 11.8 Å². The number of nitrogens with one attached hydrogen (secondary N) is 1. The van der Waals surface area contributed by atoms with Crippen LogP contribution in [0.25, 0.3) is 0 Å². The van der Waals surface area contributed by atoms with Crippen LogP contribution in [0.4, 0.5) is 0 Å². The van der Waals surface area contributed by atoms with Crippen LogP contribution in [0.15, 0.2) is 29.2 Å². The maximum Gasteiger partial charge on any atom is 0.316 e. The number of carbonyl (C=O) groups is 2. The number of amides is 1. The second-order valence-electron chi connectivity index (χ2n) is 5.05. The van der Waals surface area contributed by atoms with Gasteiger partial charge < -0.3 is 10.4 Å². The van der Waals surface area contributed by atoms with Crippen LogP contribution >= 0.6 is 11.8 Å². The Labute approximate surface area is 123 Å². The largest absolute Gasteiger partial charge is 0.480 e. The van der Waals surface area contributed by atoms with Gasteiger partial charge in [-0.25, -0.2) is 0 Å². The molecule has 1 amide bonds. The molecule has 1 atom stereocenters. The van der Waals surface area contributed by atoms with E-state index < -0.39 is 11.2 Å². The number of carbonyl (C=O) groups excluding carboxylic acids is 1. The molecule has 108 valence electrons. The first kappa shape index (κ1) is 14.9. The lowest BCUT2D eigenvalue weighted by atomic mass is 10.2. The van der Waals surface area contributed by atoms with E-state index in [2.05, 4.69) is 5.32 Å². The van der Waals surface area contributed by atoms with Crippen molar-refractivity contribution in [1.29, 1.82) is 0 Å². The Morgan fingerprint density at radius 2 is 1.95 bits per heavy atom. The zero-order valence-corrected chi connectivity index (χ0v) is 12.3. The van der Waals surface area contributed by atoms with Crippen molar-refractivity contribution in [3.8, 4) is 0 Å². The van der Waals surface area contributed by atoms with E-state index in [1.807, 2.05) is 6.07 Å². The molecule has 0 aromatic heterocycles. The summed E-state index contributed by atoms with van der Waals surface area (Å²) in [4.78, 5) is 24.0. The quantitative estimate of drug-likeness (QED) is 0.819. The summed E-state index contributed by atoms with van der Waals surface area (Å²) >= 11 is 1.20. The molecule has 0 spiro atoms. The third kappa shape index (κ3) is 3.76. The third-order valence-electron chi connectivity index (χ3n) is 3.47. The van der Waals surface area contributed by atoms with E-state index >= 15 is 0 Å². The molecular weight excluding hydrogens is 274 g/mol. The molecule has 1 aromatic carbocycles. The van der Waals surface area contributed by atoms with Crippen molar-refractivity contribution in [2.45, 2.75) is 48.8 Å². The Morgan fingerprint density at radius 3 is 2.60 bits per heavy atom. The van der Waals surface area contributed by atoms with Gasteiger partial charge in [0.05, 0.1) is 5.56 Å². The summed E-state index contributed by atoms with van der Waals surface area (Å²) in [6.07, 6.45) is 4.40. The minimum absolute atomic E-state index is 0.0995. The molecule has 4 nitrogen and oxygen atoms in total. The molecule has 0 bridgehead atoms. The zero-order chi connectivity index (χ0) is 14.5. The minimum atomic E-state index is -0.874. The summed E-state index contributed by atoms with van der Waals surface area (Å²) in [5, 5.41) is 11.4. The van der Waals surface area contributed by atoms with Crippen LogP contribution in [-0.2, 0) is 4.79 Å². The molecule has 1 saturated carbocycles. The number of aliphatic carboxylic acids is 1. The first-order valence-corrected chi connectivity index (χ1v) is 7.75. The summed E-state index contributed by atoms with van der Waals surface area (Å²) in [6, 6.07) is 7.44. The first-order valence-electron chi connectivity index (χ1n) is 6.87. The average Bonchev–Trinajstić information content (AvgIpc) is 2.92. The molecule has 1 aliphatic carbocycles. The summed E-state index contributed by atoms with van der Waals surface area (Å²) in [5.74, 6) is -0.974. The number of benzene rings is 1. The van der Waals surface area contributed by atoms with Gasteiger partial charge in [-0.3, -0.25) is 9.59 Å². The second-order valence-corrected chi connectivity index (χ2v) is 6.43. The predicted octanol–water partition coefficient (Wildman–Crippen LogP) is 2.92. The Bertz CT molecular complexity index is 498. The molecule has 1 aromatic rings. The number of carboxylic acid groups (broad SMARTS) is 1. The van der Waals surface area contributed by atoms with Crippen molar-refractivity contribution < 1.29 is 14.7 Å². The number of hydrogen-bond donors (Lipinski definition) is 2. The highest BCUT2D eigenvalue weighted by molar-refractivity contribution is 8.00. The molecule has 5 heteroatoms. The fraction of sp³-hybridized carbons (Fsp3) is 0.467. The smallest absolute Gasteiger partial charge is 0.316 e. The Hall–Kier alpha value is -1.49. The number of carboxylic acids is 1.